The Bertz CT molecular complexity index is 322. The van der Waals surface area contributed by atoms with Gasteiger partial charge in [0.1, 0.15) is 0 Å². The van der Waals surface area contributed by atoms with E-state index >= 15 is 0 Å². The van der Waals surface area contributed by atoms with E-state index in [2.05, 4.69) is 19.2 Å². The zero-order chi connectivity index (χ0) is 15.1. The summed E-state index contributed by atoms with van der Waals surface area (Å²) >= 11 is 0. The lowest BCUT2D eigenvalue weighted by Crippen LogP contribution is -2.38. The van der Waals surface area contributed by atoms with Crippen LogP contribution in [0.3, 0.4) is 0 Å². The molecule has 1 rings (SSSR count). The first-order valence-corrected chi connectivity index (χ1v) is 7.88. The first-order valence-electron chi connectivity index (χ1n) is 7.88. The van der Waals surface area contributed by atoms with Crippen LogP contribution in [0, 0.1) is 11.8 Å². The van der Waals surface area contributed by atoms with E-state index in [1.54, 1.807) is 0 Å². The van der Waals surface area contributed by atoms with Gasteiger partial charge in [-0.15, -0.1) is 0 Å². The normalized spacial score (nSPS) is 18.9. The fourth-order valence-electron chi connectivity index (χ4n) is 2.83. The Labute approximate surface area is 122 Å². The zero-order valence-electron chi connectivity index (χ0n) is 13.3. The highest BCUT2D eigenvalue weighted by Gasteiger charge is 2.24. The van der Waals surface area contributed by atoms with Crippen LogP contribution in [0.2, 0.25) is 0 Å². The van der Waals surface area contributed by atoms with Crippen LogP contribution >= 0.6 is 0 Å². The van der Waals surface area contributed by atoms with Crippen molar-refractivity contribution in [1.82, 2.24) is 5.32 Å². The van der Waals surface area contributed by atoms with Crippen molar-refractivity contribution >= 4 is 11.9 Å². The number of carbonyl (C=O) groups is 2. The third-order valence-electron chi connectivity index (χ3n) is 3.72. The minimum absolute atomic E-state index is 0.0553. The number of hydrogen-bond donors (Lipinski definition) is 1. The third kappa shape index (κ3) is 6.40. The minimum Gasteiger partial charge on any atom is -0.463 e. The van der Waals surface area contributed by atoms with Crippen molar-refractivity contribution in [3.05, 3.63) is 0 Å². The Morgan fingerprint density at radius 1 is 1.15 bits per heavy atom. The highest BCUT2D eigenvalue weighted by Crippen LogP contribution is 2.24. The Hall–Kier alpha value is -1.06. The van der Waals surface area contributed by atoms with Gasteiger partial charge in [0.15, 0.2) is 0 Å². The number of carbonyl (C=O) groups excluding carboxylic acids is 2. The summed E-state index contributed by atoms with van der Waals surface area (Å²) in [6.07, 6.45) is 5.31. The molecule has 0 spiro atoms. The van der Waals surface area contributed by atoms with E-state index < -0.39 is 0 Å². The number of ether oxygens (including phenoxy) is 1. The molecule has 4 heteroatoms. The Morgan fingerprint density at radius 2 is 1.75 bits per heavy atom. The second-order valence-corrected chi connectivity index (χ2v) is 6.53. The van der Waals surface area contributed by atoms with Gasteiger partial charge < -0.3 is 10.1 Å². The summed E-state index contributed by atoms with van der Waals surface area (Å²) < 4.78 is 5.35. The predicted molar refractivity (Wildman–Crippen MR) is 79.2 cm³/mol. The zero-order valence-corrected chi connectivity index (χ0v) is 13.3. The van der Waals surface area contributed by atoms with E-state index in [4.69, 9.17) is 4.74 Å². The molecule has 0 heterocycles. The van der Waals surface area contributed by atoms with Crippen molar-refractivity contribution in [2.45, 2.75) is 78.4 Å². The Kier molecular flexibility index (Phi) is 7.03. The van der Waals surface area contributed by atoms with Gasteiger partial charge in [-0.05, 0) is 39.0 Å². The molecule has 0 saturated heterocycles. The van der Waals surface area contributed by atoms with Gasteiger partial charge in [0.05, 0.1) is 12.5 Å². The molecule has 2 atom stereocenters. The summed E-state index contributed by atoms with van der Waals surface area (Å²) in [6, 6.07) is -0.151. The average Bonchev–Trinajstić information content (AvgIpc) is 2.79. The monoisotopic (exact) mass is 283 g/mol. The summed E-state index contributed by atoms with van der Waals surface area (Å²) in [5, 5.41) is 2.93. The fraction of sp³-hybridized carbons (Fsp3) is 0.875. The standard InChI is InChI=1S/C16H29NO3/c1-11(2)9-13(4)20-15(18)10-12(3)17-16(19)14-7-5-6-8-14/h11-14H,5-10H2,1-4H3,(H,17,19)/t12-,13+/m1/s1. The highest BCUT2D eigenvalue weighted by atomic mass is 16.5. The van der Waals surface area contributed by atoms with Crippen LogP contribution in [0.15, 0.2) is 0 Å². The van der Waals surface area contributed by atoms with Gasteiger partial charge in [-0.1, -0.05) is 26.7 Å². The molecule has 0 aromatic carbocycles. The van der Waals surface area contributed by atoms with Crippen LogP contribution < -0.4 is 5.32 Å². The van der Waals surface area contributed by atoms with Gasteiger partial charge in [-0.3, -0.25) is 9.59 Å². The van der Waals surface area contributed by atoms with E-state index in [0.717, 1.165) is 32.1 Å². The summed E-state index contributed by atoms with van der Waals surface area (Å²) in [5.74, 6) is 0.529. The van der Waals surface area contributed by atoms with E-state index in [1.165, 1.54) is 0 Å². The fourth-order valence-corrected chi connectivity index (χ4v) is 2.83. The first-order chi connectivity index (χ1) is 9.38. The molecule has 1 saturated carbocycles. The van der Waals surface area contributed by atoms with E-state index in [1.807, 2.05) is 13.8 Å². The molecule has 0 aromatic heterocycles. The molecule has 1 N–H and O–H groups in total. The SMILES string of the molecule is CC(C)C[C@H](C)OC(=O)C[C@@H](C)NC(=O)C1CCCC1. The Morgan fingerprint density at radius 3 is 2.30 bits per heavy atom. The molecule has 20 heavy (non-hydrogen) atoms. The molecule has 0 aliphatic heterocycles. The van der Waals surface area contributed by atoms with Crippen LogP contribution in [-0.4, -0.2) is 24.0 Å². The largest absolute Gasteiger partial charge is 0.463 e. The molecule has 0 aromatic rings. The molecule has 1 aliphatic rings. The summed E-state index contributed by atoms with van der Waals surface area (Å²) in [7, 11) is 0. The van der Waals surface area contributed by atoms with Crippen molar-refractivity contribution in [3.63, 3.8) is 0 Å². The van der Waals surface area contributed by atoms with Crippen LogP contribution in [0.4, 0.5) is 0 Å². The van der Waals surface area contributed by atoms with Crippen LogP contribution in [0.1, 0.15) is 66.2 Å². The molecule has 1 amide bonds. The molecule has 1 fully saturated rings. The topological polar surface area (TPSA) is 55.4 Å². The smallest absolute Gasteiger partial charge is 0.308 e. The molecule has 4 nitrogen and oxygen atoms in total. The summed E-state index contributed by atoms with van der Waals surface area (Å²) in [5.41, 5.74) is 0. The number of hydrogen-bond acceptors (Lipinski definition) is 3. The third-order valence-corrected chi connectivity index (χ3v) is 3.72. The summed E-state index contributed by atoms with van der Waals surface area (Å²) in [4.78, 5) is 23.7. The molecular weight excluding hydrogens is 254 g/mol. The molecule has 116 valence electrons. The summed E-state index contributed by atoms with van der Waals surface area (Å²) in [6.45, 7) is 7.99. The highest BCUT2D eigenvalue weighted by molar-refractivity contribution is 5.80. The number of rotatable bonds is 7. The van der Waals surface area contributed by atoms with Gasteiger partial charge in [0.25, 0.3) is 0 Å². The second-order valence-electron chi connectivity index (χ2n) is 6.53. The lowest BCUT2D eigenvalue weighted by molar-refractivity contribution is -0.149. The maximum Gasteiger partial charge on any atom is 0.308 e. The van der Waals surface area contributed by atoms with Gasteiger partial charge in [0, 0.05) is 12.0 Å². The molecule has 0 bridgehead atoms. The molecule has 0 radical (unpaired) electrons. The van der Waals surface area contributed by atoms with Crippen LogP contribution in [-0.2, 0) is 14.3 Å². The van der Waals surface area contributed by atoms with Crippen molar-refractivity contribution in [2.24, 2.45) is 11.8 Å². The van der Waals surface area contributed by atoms with E-state index in [-0.39, 0.29) is 36.4 Å². The molecule has 1 aliphatic carbocycles. The van der Waals surface area contributed by atoms with Gasteiger partial charge in [-0.2, -0.15) is 0 Å². The van der Waals surface area contributed by atoms with Gasteiger partial charge in [0.2, 0.25) is 5.91 Å². The second kappa shape index (κ2) is 8.28. The van der Waals surface area contributed by atoms with Crippen molar-refractivity contribution in [2.75, 3.05) is 0 Å². The van der Waals surface area contributed by atoms with Crippen LogP contribution in [0.5, 0.6) is 0 Å². The van der Waals surface area contributed by atoms with Gasteiger partial charge >= 0.3 is 5.97 Å². The lowest BCUT2D eigenvalue weighted by atomic mass is 10.1. The molecule has 0 unspecified atom stereocenters. The minimum atomic E-state index is -0.225. The quantitative estimate of drug-likeness (QED) is 0.731. The number of esters is 1. The Balaban J connectivity index is 2.25. The average molecular weight is 283 g/mol. The first kappa shape index (κ1) is 17.0. The maximum atomic E-state index is 11.9. The lowest BCUT2D eigenvalue weighted by Gasteiger charge is -2.19. The van der Waals surface area contributed by atoms with Gasteiger partial charge in [-0.25, -0.2) is 0 Å². The van der Waals surface area contributed by atoms with E-state index in [9.17, 15) is 9.59 Å². The van der Waals surface area contributed by atoms with E-state index in [0.29, 0.717) is 5.92 Å². The van der Waals surface area contributed by atoms with Crippen molar-refractivity contribution in [1.29, 1.82) is 0 Å². The maximum absolute atomic E-state index is 11.9. The predicted octanol–water partition coefficient (Wildman–Crippen LogP) is 3.05. The number of amides is 1. The van der Waals surface area contributed by atoms with Crippen molar-refractivity contribution in [3.8, 4) is 0 Å². The number of nitrogens with one attached hydrogen (secondary N) is 1. The van der Waals surface area contributed by atoms with Crippen LogP contribution in [0.25, 0.3) is 0 Å². The molecular formula is C16H29NO3. The van der Waals surface area contributed by atoms with Crippen molar-refractivity contribution < 1.29 is 14.3 Å².